The third kappa shape index (κ3) is 9.97. The molecule has 16 heavy (non-hydrogen) atoms. The third-order valence-corrected chi connectivity index (χ3v) is 2.69. The highest BCUT2D eigenvalue weighted by molar-refractivity contribution is 5.69. The summed E-state index contributed by atoms with van der Waals surface area (Å²) in [6.07, 6.45) is 4.50. The molecule has 0 heterocycles. The Balaban J connectivity index is 3.37. The lowest BCUT2D eigenvalue weighted by atomic mass is 10.0. The zero-order chi connectivity index (χ0) is 12.4. The molecule has 0 saturated heterocycles. The predicted molar refractivity (Wildman–Crippen MR) is 67.1 cm³/mol. The van der Waals surface area contributed by atoms with E-state index >= 15 is 0 Å². The first-order chi connectivity index (χ1) is 7.56. The standard InChI is InChI=1S/C13H27NO2/c1-11(2)5-4-10-16-13(15)7-6-12(3)8-9-14/h11-12H,4-10,14H2,1-3H3. The highest BCUT2D eigenvalue weighted by Crippen LogP contribution is 2.10. The molecule has 0 amide bonds. The molecule has 0 fully saturated rings. The second kappa shape index (κ2) is 9.64. The summed E-state index contributed by atoms with van der Waals surface area (Å²) in [7, 11) is 0. The monoisotopic (exact) mass is 229 g/mol. The van der Waals surface area contributed by atoms with Crippen molar-refractivity contribution in [3.05, 3.63) is 0 Å². The first-order valence-corrected chi connectivity index (χ1v) is 6.42. The zero-order valence-corrected chi connectivity index (χ0v) is 11.0. The van der Waals surface area contributed by atoms with Gasteiger partial charge in [-0.05, 0) is 44.1 Å². The molecule has 0 aromatic carbocycles. The predicted octanol–water partition coefficient (Wildman–Crippen LogP) is 2.73. The fourth-order valence-corrected chi connectivity index (χ4v) is 1.54. The lowest BCUT2D eigenvalue weighted by molar-refractivity contribution is -0.144. The van der Waals surface area contributed by atoms with E-state index in [9.17, 15) is 4.79 Å². The molecule has 0 aromatic heterocycles. The van der Waals surface area contributed by atoms with Gasteiger partial charge in [-0.25, -0.2) is 0 Å². The number of rotatable bonds is 9. The van der Waals surface area contributed by atoms with Crippen LogP contribution in [0.3, 0.4) is 0 Å². The number of nitrogens with two attached hydrogens (primary N) is 1. The van der Waals surface area contributed by atoms with Crippen LogP contribution < -0.4 is 5.73 Å². The molecule has 0 aromatic rings. The molecule has 3 nitrogen and oxygen atoms in total. The Morgan fingerprint density at radius 3 is 2.44 bits per heavy atom. The fraction of sp³-hybridized carbons (Fsp3) is 0.923. The molecule has 0 spiro atoms. The van der Waals surface area contributed by atoms with Gasteiger partial charge in [0.2, 0.25) is 0 Å². The van der Waals surface area contributed by atoms with Gasteiger partial charge in [0.15, 0.2) is 0 Å². The molecule has 0 bridgehead atoms. The third-order valence-electron chi connectivity index (χ3n) is 2.69. The van der Waals surface area contributed by atoms with Crippen LogP contribution in [-0.2, 0) is 9.53 Å². The average molecular weight is 229 g/mol. The topological polar surface area (TPSA) is 52.3 Å². The molecule has 0 radical (unpaired) electrons. The van der Waals surface area contributed by atoms with Crippen LogP contribution in [0.4, 0.5) is 0 Å². The molecule has 0 saturated carbocycles. The van der Waals surface area contributed by atoms with E-state index in [0.717, 1.165) is 25.7 Å². The molecular formula is C13H27NO2. The first kappa shape index (κ1) is 15.4. The van der Waals surface area contributed by atoms with Gasteiger partial charge in [0.1, 0.15) is 0 Å². The summed E-state index contributed by atoms with van der Waals surface area (Å²) in [6, 6.07) is 0. The molecule has 2 N–H and O–H groups in total. The second-order valence-corrected chi connectivity index (χ2v) is 4.98. The van der Waals surface area contributed by atoms with Crippen LogP contribution in [0, 0.1) is 11.8 Å². The van der Waals surface area contributed by atoms with Gasteiger partial charge in [-0.15, -0.1) is 0 Å². The van der Waals surface area contributed by atoms with Crippen LogP contribution in [0.2, 0.25) is 0 Å². The van der Waals surface area contributed by atoms with Gasteiger partial charge in [0.25, 0.3) is 0 Å². The summed E-state index contributed by atoms with van der Waals surface area (Å²) in [6.45, 7) is 7.75. The van der Waals surface area contributed by atoms with Gasteiger partial charge < -0.3 is 10.5 Å². The highest BCUT2D eigenvalue weighted by Gasteiger charge is 2.07. The first-order valence-electron chi connectivity index (χ1n) is 6.42. The maximum Gasteiger partial charge on any atom is 0.305 e. The summed E-state index contributed by atoms with van der Waals surface area (Å²) in [5.74, 6) is 1.14. The number of hydrogen-bond acceptors (Lipinski definition) is 3. The van der Waals surface area contributed by atoms with Crippen molar-refractivity contribution >= 4 is 5.97 Å². The molecule has 1 unspecified atom stereocenters. The minimum atomic E-state index is -0.0624. The number of esters is 1. The van der Waals surface area contributed by atoms with Crippen molar-refractivity contribution < 1.29 is 9.53 Å². The van der Waals surface area contributed by atoms with Crippen molar-refractivity contribution in [2.75, 3.05) is 13.2 Å². The van der Waals surface area contributed by atoms with E-state index in [1.54, 1.807) is 0 Å². The van der Waals surface area contributed by atoms with Gasteiger partial charge in [0.05, 0.1) is 6.61 Å². The largest absolute Gasteiger partial charge is 0.466 e. The Kier molecular flexibility index (Phi) is 9.30. The van der Waals surface area contributed by atoms with Gasteiger partial charge in [-0.3, -0.25) is 4.79 Å². The van der Waals surface area contributed by atoms with Crippen LogP contribution in [0.25, 0.3) is 0 Å². The lowest BCUT2D eigenvalue weighted by Crippen LogP contribution is -2.10. The number of carbonyl (C=O) groups excluding carboxylic acids is 1. The second-order valence-electron chi connectivity index (χ2n) is 4.98. The van der Waals surface area contributed by atoms with Crippen LogP contribution in [0.1, 0.15) is 52.9 Å². The number of ether oxygens (including phenoxy) is 1. The maximum absolute atomic E-state index is 11.3. The lowest BCUT2D eigenvalue weighted by Gasteiger charge is -2.10. The van der Waals surface area contributed by atoms with E-state index in [1.165, 1.54) is 0 Å². The fourth-order valence-electron chi connectivity index (χ4n) is 1.54. The van der Waals surface area contributed by atoms with Crippen molar-refractivity contribution in [1.82, 2.24) is 0 Å². The Morgan fingerprint density at radius 1 is 1.19 bits per heavy atom. The summed E-state index contributed by atoms with van der Waals surface area (Å²) in [5.41, 5.74) is 5.45. The Bertz CT molecular complexity index is 181. The average Bonchev–Trinajstić information content (AvgIpc) is 2.22. The zero-order valence-electron chi connectivity index (χ0n) is 11.0. The van der Waals surface area contributed by atoms with E-state index in [-0.39, 0.29) is 5.97 Å². The molecule has 3 heteroatoms. The molecule has 0 aliphatic carbocycles. The van der Waals surface area contributed by atoms with Gasteiger partial charge in [0, 0.05) is 6.42 Å². The van der Waals surface area contributed by atoms with Gasteiger partial charge in [-0.1, -0.05) is 20.8 Å². The van der Waals surface area contributed by atoms with Gasteiger partial charge >= 0.3 is 5.97 Å². The Hall–Kier alpha value is -0.570. The molecule has 0 aliphatic heterocycles. The molecule has 1 atom stereocenters. The van der Waals surface area contributed by atoms with Crippen molar-refractivity contribution in [3.8, 4) is 0 Å². The quantitative estimate of drug-likeness (QED) is 0.488. The molecule has 96 valence electrons. The number of hydrogen-bond donors (Lipinski definition) is 1. The summed E-state index contributed by atoms with van der Waals surface area (Å²) >= 11 is 0. The van der Waals surface area contributed by atoms with Crippen molar-refractivity contribution in [1.29, 1.82) is 0 Å². The normalized spacial score (nSPS) is 12.8. The molecular weight excluding hydrogens is 202 g/mol. The smallest absolute Gasteiger partial charge is 0.305 e. The minimum Gasteiger partial charge on any atom is -0.466 e. The Labute approximate surface area is 99.7 Å². The van der Waals surface area contributed by atoms with E-state index in [4.69, 9.17) is 10.5 Å². The molecule has 0 rings (SSSR count). The summed E-state index contributed by atoms with van der Waals surface area (Å²) in [4.78, 5) is 11.3. The SMILES string of the molecule is CC(C)CCCOC(=O)CCC(C)CCN. The van der Waals surface area contributed by atoms with Crippen molar-refractivity contribution in [2.45, 2.75) is 52.9 Å². The van der Waals surface area contributed by atoms with Crippen LogP contribution in [0.5, 0.6) is 0 Å². The molecule has 0 aliphatic rings. The number of carbonyl (C=O) groups is 1. The highest BCUT2D eigenvalue weighted by atomic mass is 16.5. The van der Waals surface area contributed by atoms with Crippen molar-refractivity contribution in [3.63, 3.8) is 0 Å². The Morgan fingerprint density at radius 2 is 1.88 bits per heavy atom. The van der Waals surface area contributed by atoms with E-state index in [2.05, 4.69) is 20.8 Å². The summed E-state index contributed by atoms with van der Waals surface area (Å²) in [5, 5.41) is 0. The van der Waals surface area contributed by atoms with Crippen molar-refractivity contribution in [2.24, 2.45) is 17.6 Å². The van der Waals surface area contributed by atoms with Gasteiger partial charge in [-0.2, -0.15) is 0 Å². The van der Waals surface area contributed by atoms with Crippen LogP contribution >= 0.6 is 0 Å². The van der Waals surface area contributed by atoms with E-state index in [1.807, 2.05) is 0 Å². The van der Waals surface area contributed by atoms with Crippen LogP contribution in [0.15, 0.2) is 0 Å². The summed E-state index contributed by atoms with van der Waals surface area (Å²) < 4.78 is 5.15. The maximum atomic E-state index is 11.3. The van der Waals surface area contributed by atoms with E-state index < -0.39 is 0 Å². The minimum absolute atomic E-state index is 0.0624. The van der Waals surface area contributed by atoms with Crippen LogP contribution in [-0.4, -0.2) is 19.1 Å². The van der Waals surface area contributed by atoms with E-state index in [0.29, 0.717) is 31.4 Å².